The van der Waals surface area contributed by atoms with Crippen molar-refractivity contribution in [2.24, 2.45) is 0 Å². The van der Waals surface area contributed by atoms with Crippen LogP contribution >= 0.6 is 0 Å². The molecule has 1 atom stereocenters. The molecule has 1 aliphatic heterocycles. The van der Waals surface area contributed by atoms with Crippen molar-refractivity contribution in [3.8, 4) is 0 Å². The van der Waals surface area contributed by atoms with Crippen molar-refractivity contribution in [1.82, 2.24) is 15.2 Å². The van der Waals surface area contributed by atoms with Gasteiger partial charge in [-0.15, -0.1) is 0 Å². The third-order valence-corrected chi connectivity index (χ3v) is 4.56. The van der Waals surface area contributed by atoms with E-state index in [1.807, 2.05) is 0 Å². The fourth-order valence-electron chi connectivity index (χ4n) is 2.85. The quantitative estimate of drug-likeness (QED) is 0.887. The van der Waals surface area contributed by atoms with Gasteiger partial charge in [-0.25, -0.2) is 4.98 Å². The largest absolute Gasteiger partial charge is 0.355 e. The van der Waals surface area contributed by atoms with E-state index in [2.05, 4.69) is 48.3 Å². The molecule has 4 nitrogen and oxygen atoms in total. The lowest BCUT2D eigenvalue weighted by Gasteiger charge is -2.21. The summed E-state index contributed by atoms with van der Waals surface area (Å²) in [5.74, 6) is 1.14. The monoisotopic (exact) mass is 274 g/mol. The normalized spacial score (nSPS) is 22.8. The molecule has 1 saturated heterocycles. The van der Waals surface area contributed by atoms with Gasteiger partial charge in [-0.1, -0.05) is 6.07 Å². The van der Waals surface area contributed by atoms with Crippen LogP contribution in [-0.2, 0) is 6.54 Å². The summed E-state index contributed by atoms with van der Waals surface area (Å²) >= 11 is 0. The highest BCUT2D eigenvalue weighted by atomic mass is 15.3. The summed E-state index contributed by atoms with van der Waals surface area (Å²) < 4.78 is 0. The molecular formula is C16H26N4. The van der Waals surface area contributed by atoms with Crippen LogP contribution in [0.3, 0.4) is 0 Å². The average molecular weight is 274 g/mol. The Balaban J connectivity index is 1.64. The van der Waals surface area contributed by atoms with Crippen LogP contribution in [0.4, 0.5) is 5.82 Å². The van der Waals surface area contributed by atoms with E-state index in [0.29, 0.717) is 6.04 Å². The van der Waals surface area contributed by atoms with Gasteiger partial charge in [0.15, 0.2) is 0 Å². The Hall–Kier alpha value is -1.13. The van der Waals surface area contributed by atoms with Crippen LogP contribution < -0.4 is 10.2 Å². The molecule has 0 amide bonds. The number of pyridine rings is 1. The topological polar surface area (TPSA) is 31.4 Å². The summed E-state index contributed by atoms with van der Waals surface area (Å²) in [6.07, 6.45) is 3.91. The molecule has 0 spiro atoms. The van der Waals surface area contributed by atoms with E-state index < -0.39 is 0 Å². The zero-order valence-corrected chi connectivity index (χ0v) is 12.9. The number of nitrogens with zero attached hydrogens (tertiary/aromatic N) is 3. The average Bonchev–Trinajstić information content (AvgIpc) is 3.11. The summed E-state index contributed by atoms with van der Waals surface area (Å²) in [5, 5.41) is 3.56. The molecule has 1 aromatic heterocycles. The van der Waals surface area contributed by atoms with E-state index in [-0.39, 0.29) is 0 Å². The molecule has 1 unspecified atom stereocenters. The second-order valence-corrected chi connectivity index (χ2v) is 6.42. The summed E-state index contributed by atoms with van der Waals surface area (Å²) in [5.41, 5.74) is 2.51. The summed E-state index contributed by atoms with van der Waals surface area (Å²) in [6, 6.07) is 5.85. The van der Waals surface area contributed by atoms with Gasteiger partial charge in [-0.3, -0.25) is 0 Å². The van der Waals surface area contributed by atoms with Gasteiger partial charge in [-0.05, 0) is 51.9 Å². The van der Waals surface area contributed by atoms with Crippen LogP contribution in [0.5, 0.6) is 0 Å². The maximum absolute atomic E-state index is 4.81. The smallest absolute Gasteiger partial charge is 0.128 e. The van der Waals surface area contributed by atoms with E-state index in [1.165, 1.54) is 30.5 Å². The van der Waals surface area contributed by atoms with Gasteiger partial charge >= 0.3 is 0 Å². The Bertz CT molecular complexity index is 468. The van der Waals surface area contributed by atoms with Gasteiger partial charge in [0.25, 0.3) is 0 Å². The van der Waals surface area contributed by atoms with Gasteiger partial charge in [0.2, 0.25) is 0 Å². The van der Waals surface area contributed by atoms with Crippen LogP contribution in [-0.4, -0.2) is 49.2 Å². The highest BCUT2D eigenvalue weighted by Crippen LogP contribution is 2.23. The fraction of sp³-hybridized carbons (Fsp3) is 0.688. The summed E-state index contributed by atoms with van der Waals surface area (Å²) in [7, 11) is 4.33. The number of likely N-dealkylation sites (N-methyl/N-ethyl adjacent to an activating group) is 1. The van der Waals surface area contributed by atoms with E-state index in [0.717, 1.165) is 31.5 Å². The lowest BCUT2D eigenvalue weighted by atomic mass is 10.2. The molecule has 1 aromatic rings. The second-order valence-electron chi connectivity index (χ2n) is 6.42. The fourth-order valence-corrected chi connectivity index (χ4v) is 2.85. The van der Waals surface area contributed by atoms with Crippen molar-refractivity contribution in [3.63, 3.8) is 0 Å². The number of aromatic nitrogens is 1. The first-order valence-electron chi connectivity index (χ1n) is 7.75. The summed E-state index contributed by atoms with van der Waals surface area (Å²) in [4.78, 5) is 9.55. The predicted molar refractivity (Wildman–Crippen MR) is 83.1 cm³/mol. The van der Waals surface area contributed by atoms with Crippen LogP contribution in [0.1, 0.15) is 30.5 Å². The van der Waals surface area contributed by atoms with E-state index in [4.69, 9.17) is 4.98 Å². The van der Waals surface area contributed by atoms with Gasteiger partial charge in [0, 0.05) is 37.4 Å². The Morgan fingerprint density at radius 2 is 2.10 bits per heavy atom. The molecule has 20 heavy (non-hydrogen) atoms. The third-order valence-electron chi connectivity index (χ3n) is 4.56. The van der Waals surface area contributed by atoms with Crippen molar-refractivity contribution in [1.29, 1.82) is 0 Å². The van der Waals surface area contributed by atoms with Crippen molar-refractivity contribution >= 4 is 5.82 Å². The maximum Gasteiger partial charge on any atom is 0.128 e. The lowest BCUT2D eigenvalue weighted by molar-refractivity contribution is 0.315. The zero-order valence-electron chi connectivity index (χ0n) is 12.9. The van der Waals surface area contributed by atoms with E-state index in [1.54, 1.807) is 0 Å². The molecule has 2 fully saturated rings. The molecule has 2 aliphatic rings. The number of nitrogens with one attached hydrogen (secondary N) is 1. The maximum atomic E-state index is 4.81. The van der Waals surface area contributed by atoms with Gasteiger partial charge in [0.1, 0.15) is 5.82 Å². The summed E-state index contributed by atoms with van der Waals surface area (Å²) in [6.45, 7) is 5.31. The standard InChI is InChI=1S/C16H26N4/c1-12-13(10-17-14-5-6-14)4-7-16(18-12)20-9-8-15(11-20)19(2)3/h4,7,14-15,17H,5-6,8-11H2,1-3H3. The van der Waals surface area contributed by atoms with Crippen LogP contribution in [0, 0.1) is 6.92 Å². The number of aryl methyl sites for hydroxylation is 1. The molecule has 1 aliphatic carbocycles. The molecule has 2 heterocycles. The minimum atomic E-state index is 0.660. The highest BCUT2D eigenvalue weighted by molar-refractivity contribution is 5.43. The first kappa shape index (κ1) is 13.8. The highest BCUT2D eigenvalue weighted by Gasteiger charge is 2.25. The molecule has 1 saturated carbocycles. The van der Waals surface area contributed by atoms with Gasteiger partial charge < -0.3 is 15.1 Å². The van der Waals surface area contributed by atoms with Crippen molar-refractivity contribution < 1.29 is 0 Å². The zero-order chi connectivity index (χ0) is 14.1. The van der Waals surface area contributed by atoms with Gasteiger partial charge in [-0.2, -0.15) is 0 Å². The minimum absolute atomic E-state index is 0.660. The van der Waals surface area contributed by atoms with Crippen LogP contribution in [0.15, 0.2) is 12.1 Å². The second kappa shape index (κ2) is 5.70. The predicted octanol–water partition coefficient (Wildman–Crippen LogP) is 1.78. The lowest BCUT2D eigenvalue weighted by Crippen LogP contribution is -2.31. The number of hydrogen-bond donors (Lipinski definition) is 1. The van der Waals surface area contributed by atoms with Crippen molar-refractivity contribution in [2.75, 3.05) is 32.1 Å². The number of anilines is 1. The van der Waals surface area contributed by atoms with E-state index in [9.17, 15) is 0 Å². The molecule has 0 aromatic carbocycles. The van der Waals surface area contributed by atoms with Crippen LogP contribution in [0.2, 0.25) is 0 Å². The molecule has 0 bridgehead atoms. The minimum Gasteiger partial charge on any atom is -0.355 e. The Kier molecular flexibility index (Phi) is 3.94. The number of hydrogen-bond acceptors (Lipinski definition) is 4. The third kappa shape index (κ3) is 3.13. The first-order chi connectivity index (χ1) is 9.63. The Labute approximate surface area is 122 Å². The van der Waals surface area contributed by atoms with Crippen molar-refractivity contribution in [2.45, 2.75) is 44.8 Å². The molecule has 0 radical (unpaired) electrons. The van der Waals surface area contributed by atoms with Crippen molar-refractivity contribution in [3.05, 3.63) is 23.4 Å². The molecule has 4 heteroatoms. The van der Waals surface area contributed by atoms with Crippen LogP contribution in [0.25, 0.3) is 0 Å². The van der Waals surface area contributed by atoms with Gasteiger partial charge in [0.05, 0.1) is 0 Å². The molecular weight excluding hydrogens is 248 g/mol. The van der Waals surface area contributed by atoms with E-state index >= 15 is 0 Å². The Morgan fingerprint density at radius 1 is 1.30 bits per heavy atom. The molecule has 110 valence electrons. The number of rotatable bonds is 5. The Morgan fingerprint density at radius 3 is 2.70 bits per heavy atom. The first-order valence-corrected chi connectivity index (χ1v) is 7.75. The molecule has 3 rings (SSSR count). The SMILES string of the molecule is Cc1nc(N2CCC(N(C)C)C2)ccc1CNC1CC1. The molecule has 1 N–H and O–H groups in total.